The smallest absolute Gasteiger partial charge is 0.282 e. The second kappa shape index (κ2) is 7.32. The Morgan fingerprint density at radius 3 is 2.50 bits per heavy atom. The molecule has 1 aromatic carbocycles. The lowest BCUT2D eigenvalue weighted by Gasteiger charge is -2.33. The van der Waals surface area contributed by atoms with Gasteiger partial charge in [-0.15, -0.1) is 0 Å². The molecule has 0 heterocycles. The van der Waals surface area contributed by atoms with Crippen LogP contribution in [0.25, 0.3) is 0 Å². The Morgan fingerprint density at radius 1 is 1.35 bits per heavy atom. The van der Waals surface area contributed by atoms with Gasteiger partial charge in [-0.25, -0.2) is 0 Å². The molecular formula is C16H16Br2N2O5S. The summed E-state index contributed by atoms with van der Waals surface area (Å²) in [6.07, 6.45) is 1.39. The van der Waals surface area contributed by atoms with Crippen molar-refractivity contribution in [1.82, 2.24) is 0 Å². The molecule has 7 nitrogen and oxygen atoms in total. The Morgan fingerprint density at radius 2 is 1.96 bits per heavy atom. The molecule has 2 unspecified atom stereocenters. The maximum absolute atomic E-state index is 12.7. The molecule has 1 aromatic rings. The third-order valence-corrected chi connectivity index (χ3v) is 8.05. The third-order valence-electron chi connectivity index (χ3n) is 3.95. The predicted molar refractivity (Wildman–Crippen MR) is 106 cm³/mol. The van der Waals surface area contributed by atoms with Crippen LogP contribution in [0.3, 0.4) is 0 Å². The highest BCUT2D eigenvalue weighted by Crippen LogP contribution is 2.38. The molecule has 0 aliphatic heterocycles. The van der Waals surface area contributed by atoms with E-state index in [9.17, 15) is 23.3 Å². The van der Waals surface area contributed by atoms with Gasteiger partial charge >= 0.3 is 0 Å². The Hall–Kier alpha value is -1.39. The quantitative estimate of drug-likeness (QED) is 0.350. The lowest BCUT2D eigenvalue weighted by Crippen LogP contribution is -2.46. The molecule has 0 saturated heterocycles. The Labute approximate surface area is 168 Å². The van der Waals surface area contributed by atoms with Crippen molar-refractivity contribution in [2.75, 3.05) is 0 Å². The largest absolute Gasteiger partial charge is 0.293 e. The van der Waals surface area contributed by atoms with Crippen molar-refractivity contribution in [3.63, 3.8) is 0 Å². The van der Waals surface area contributed by atoms with E-state index in [1.807, 2.05) is 13.8 Å². The van der Waals surface area contributed by atoms with E-state index in [0.29, 0.717) is 5.57 Å². The van der Waals surface area contributed by atoms with Crippen LogP contribution in [0.5, 0.6) is 0 Å². The fourth-order valence-electron chi connectivity index (χ4n) is 2.39. The van der Waals surface area contributed by atoms with Gasteiger partial charge in [0.05, 0.1) is 20.4 Å². The topological polar surface area (TPSA) is 107 Å². The number of nitro groups is 1. The molecule has 0 radical (unpaired) electrons. The van der Waals surface area contributed by atoms with Gasteiger partial charge in [0.15, 0.2) is 5.78 Å². The minimum absolute atomic E-state index is 0.137. The number of allylic oxidation sites excluding steroid dienone is 2. The van der Waals surface area contributed by atoms with Gasteiger partial charge in [0, 0.05) is 12.1 Å². The molecular weight excluding hydrogens is 492 g/mol. The van der Waals surface area contributed by atoms with E-state index < -0.39 is 24.1 Å². The van der Waals surface area contributed by atoms with Crippen molar-refractivity contribution in [1.29, 1.82) is 0 Å². The van der Waals surface area contributed by atoms with Gasteiger partial charge in [-0.3, -0.25) is 14.9 Å². The summed E-state index contributed by atoms with van der Waals surface area (Å²) in [5, 5.41) is 10.9. The molecule has 10 heteroatoms. The number of halogens is 2. The van der Waals surface area contributed by atoms with Crippen LogP contribution in [0.15, 0.2) is 45.2 Å². The molecule has 0 amide bonds. The second-order valence-corrected chi connectivity index (χ2v) is 10.4. The number of ketones is 1. The van der Waals surface area contributed by atoms with Gasteiger partial charge in [0.1, 0.15) is 4.32 Å². The van der Waals surface area contributed by atoms with Crippen molar-refractivity contribution < 1.29 is 18.1 Å². The lowest BCUT2D eigenvalue weighted by atomic mass is 9.83. The number of nitro benzene ring substituents is 1. The third kappa shape index (κ3) is 3.96. The van der Waals surface area contributed by atoms with E-state index in [0.717, 1.165) is 6.07 Å². The summed E-state index contributed by atoms with van der Waals surface area (Å²) in [5.74, 6) is -0.337. The van der Waals surface area contributed by atoms with Crippen LogP contribution < -0.4 is 0 Å². The summed E-state index contributed by atoms with van der Waals surface area (Å²) in [6.45, 7) is 5.27. The highest BCUT2D eigenvalue weighted by Gasteiger charge is 2.45. The SMILES string of the molecule is CC(C)C1=CC(=O)C(C)(Br)C(Br)C1=NS(=O)(=O)c1cccc([N+](=O)[O-])c1. The number of hydrogen-bond donors (Lipinski definition) is 0. The normalized spacial score (nSPS) is 25.5. The number of sulfonamides is 1. The standard InChI is InChI=1S/C16H16Br2N2O5S/c1-9(2)12-8-13(21)16(3,18)15(17)14(12)19-26(24,25)11-6-4-5-10(7-11)20(22)23/h4-9,15H,1-3H3. The molecule has 0 spiro atoms. The number of hydrogen-bond acceptors (Lipinski definition) is 5. The first-order valence-corrected chi connectivity index (χ1v) is 10.7. The number of alkyl halides is 2. The highest BCUT2D eigenvalue weighted by atomic mass is 79.9. The van der Waals surface area contributed by atoms with E-state index in [2.05, 4.69) is 36.3 Å². The molecule has 2 rings (SSSR count). The number of nitrogens with zero attached hydrogens (tertiary/aromatic N) is 2. The van der Waals surface area contributed by atoms with Crippen molar-refractivity contribution >= 4 is 59.1 Å². The van der Waals surface area contributed by atoms with Crippen molar-refractivity contribution in [3.05, 3.63) is 46.0 Å². The van der Waals surface area contributed by atoms with Gasteiger partial charge in [0.25, 0.3) is 15.7 Å². The molecule has 140 valence electrons. The van der Waals surface area contributed by atoms with Crippen molar-refractivity contribution in [2.24, 2.45) is 10.3 Å². The predicted octanol–water partition coefficient (Wildman–Crippen LogP) is 3.81. The van der Waals surface area contributed by atoms with Crippen LogP contribution >= 0.6 is 31.9 Å². The molecule has 0 aromatic heterocycles. The van der Waals surface area contributed by atoms with Gasteiger partial charge in [0.2, 0.25) is 0 Å². The summed E-state index contributed by atoms with van der Waals surface area (Å²) < 4.78 is 28.3. The summed E-state index contributed by atoms with van der Waals surface area (Å²) in [4.78, 5) is 21.6. The number of rotatable bonds is 4. The average molecular weight is 508 g/mol. The van der Waals surface area contributed by atoms with Crippen LogP contribution in [0.2, 0.25) is 0 Å². The number of non-ortho nitro benzene ring substituents is 1. The molecule has 2 atom stereocenters. The Kier molecular flexibility index (Phi) is 5.89. The molecule has 1 aliphatic rings. The van der Waals surface area contributed by atoms with Crippen molar-refractivity contribution in [2.45, 2.75) is 34.8 Å². The first-order valence-electron chi connectivity index (χ1n) is 7.56. The van der Waals surface area contributed by atoms with Crippen LogP contribution in [-0.4, -0.2) is 34.0 Å². The molecule has 1 aliphatic carbocycles. The molecule has 26 heavy (non-hydrogen) atoms. The van der Waals surface area contributed by atoms with Crippen LogP contribution in [0.1, 0.15) is 20.8 Å². The zero-order chi connectivity index (χ0) is 19.9. The lowest BCUT2D eigenvalue weighted by molar-refractivity contribution is -0.385. The Bertz CT molecular complexity index is 936. The molecule has 0 fully saturated rings. The van der Waals surface area contributed by atoms with E-state index in [4.69, 9.17) is 0 Å². The summed E-state index contributed by atoms with van der Waals surface area (Å²) >= 11 is 6.71. The van der Waals surface area contributed by atoms with E-state index in [-0.39, 0.29) is 28.0 Å². The zero-order valence-corrected chi connectivity index (χ0v) is 18.1. The van der Waals surface area contributed by atoms with E-state index in [1.165, 1.54) is 24.3 Å². The maximum Gasteiger partial charge on any atom is 0.282 e. The first kappa shape index (κ1) is 20.9. The Balaban J connectivity index is 2.64. The van der Waals surface area contributed by atoms with Gasteiger partial charge in [-0.1, -0.05) is 51.8 Å². The first-order chi connectivity index (χ1) is 11.9. The zero-order valence-electron chi connectivity index (χ0n) is 14.1. The average Bonchev–Trinajstić information content (AvgIpc) is 2.55. The number of benzene rings is 1. The highest BCUT2D eigenvalue weighted by molar-refractivity contribution is 9.13. The maximum atomic E-state index is 12.7. The fraction of sp³-hybridized carbons (Fsp3) is 0.375. The van der Waals surface area contributed by atoms with Crippen molar-refractivity contribution in [3.8, 4) is 0 Å². The van der Waals surface area contributed by atoms with Crippen LogP contribution in [-0.2, 0) is 14.8 Å². The minimum atomic E-state index is -4.20. The number of carbonyl (C=O) groups excluding carboxylic acids is 1. The van der Waals surface area contributed by atoms with Gasteiger partial charge in [-0.05, 0) is 30.6 Å². The summed E-state index contributed by atoms with van der Waals surface area (Å²) in [7, 11) is -4.20. The fourth-order valence-corrected chi connectivity index (χ4v) is 4.54. The monoisotopic (exact) mass is 506 g/mol. The van der Waals surface area contributed by atoms with Gasteiger partial charge < -0.3 is 0 Å². The van der Waals surface area contributed by atoms with E-state index in [1.54, 1.807) is 6.92 Å². The van der Waals surface area contributed by atoms with Crippen LogP contribution in [0.4, 0.5) is 5.69 Å². The molecule has 0 N–H and O–H groups in total. The summed E-state index contributed by atoms with van der Waals surface area (Å²) in [5.41, 5.74) is 0.360. The molecule has 0 saturated carbocycles. The van der Waals surface area contributed by atoms with E-state index >= 15 is 0 Å². The minimum Gasteiger partial charge on any atom is -0.293 e. The van der Waals surface area contributed by atoms with Crippen LogP contribution in [0, 0.1) is 16.0 Å². The van der Waals surface area contributed by atoms with Gasteiger partial charge in [-0.2, -0.15) is 12.8 Å². The molecule has 0 bridgehead atoms. The number of carbonyl (C=O) groups is 1. The second-order valence-electron chi connectivity index (χ2n) is 6.26. The summed E-state index contributed by atoms with van der Waals surface area (Å²) in [6, 6.07) is 4.70.